The molecule has 0 aliphatic rings. The molecule has 2 aromatic heterocycles. The molecule has 1 amide bonds. The van der Waals surface area contributed by atoms with Gasteiger partial charge in [0.2, 0.25) is 0 Å². The maximum absolute atomic E-state index is 11.7. The van der Waals surface area contributed by atoms with Crippen molar-refractivity contribution in [1.29, 1.82) is 5.26 Å². The van der Waals surface area contributed by atoms with E-state index in [-0.39, 0.29) is 0 Å². The minimum Gasteiger partial charge on any atom is -0.366 e. The molecule has 31 heavy (non-hydrogen) atoms. The second-order valence-electron chi connectivity index (χ2n) is 6.89. The van der Waals surface area contributed by atoms with Gasteiger partial charge in [-0.15, -0.1) is 0 Å². The lowest BCUT2D eigenvalue weighted by atomic mass is 10.1. The summed E-state index contributed by atoms with van der Waals surface area (Å²) in [5.41, 5.74) is 8.86. The maximum Gasteiger partial charge on any atom is 0.250 e. The number of benzene rings is 2. The van der Waals surface area contributed by atoms with Crippen molar-refractivity contribution in [3.05, 3.63) is 83.8 Å². The molecular weight excluding hydrogens is 390 g/mol. The minimum atomic E-state index is -0.526. The normalized spacial score (nSPS) is 10.5. The number of nitrogens with one attached hydrogen (secondary N) is 1. The Morgan fingerprint density at radius 3 is 2.71 bits per heavy atom. The van der Waals surface area contributed by atoms with Crippen LogP contribution in [0.2, 0.25) is 0 Å². The van der Waals surface area contributed by atoms with Crippen LogP contribution in [0, 0.1) is 11.3 Å². The van der Waals surface area contributed by atoms with Crippen molar-refractivity contribution in [3.63, 3.8) is 0 Å². The molecule has 2 aromatic carbocycles. The number of carbonyl (C=O) groups is 1. The Labute approximate surface area is 179 Å². The second kappa shape index (κ2) is 8.47. The van der Waals surface area contributed by atoms with E-state index in [0.29, 0.717) is 29.0 Å². The van der Waals surface area contributed by atoms with E-state index in [4.69, 9.17) is 11.0 Å². The molecule has 4 aromatic rings. The summed E-state index contributed by atoms with van der Waals surface area (Å²) >= 11 is 0. The van der Waals surface area contributed by atoms with Crippen LogP contribution >= 0.6 is 0 Å². The Balaban J connectivity index is 1.55. The second-order valence-corrected chi connectivity index (χ2v) is 6.89. The zero-order chi connectivity index (χ0) is 21.8. The van der Waals surface area contributed by atoms with E-state index in [0.717, 1.165) is 22.5 Å². The number of anilines is 3. The van der Waals surface area contributed by atoms with Crippen LogP contribution in [0.3, 0.4) is 0 Å². The molecule has 0 saturated carbocycles. The summed E-state index contributed by atoms with van der Waals surface area (Å²) in [6.07, 6.45) is 2.97. The number of nitriles is 1. The first kappa shape index (κ1) is 19.8. The van der Waals surface area contributed by atoms with Gasteiger partial charge in [0.25, 0.3) is 5.91 Å². The number of carbonyl (C=O) groups excluding carboxylic acids is 1. The summed E-state index contributed by atoms with van der Waals surface area (Å²) in [4.78, 5) is 26.5. The third-order valence-electron chi connectivity index (χ3n) is 4.91. The molecule has 0 aliphatic heterocycles. The highest BCUT2D eigenvalue weighted by molar-refractivity contribution is 6.06. The molecular formula is C23H19N7O. The lowest BCUT2D eigenvalue weighted by molar-refractivity contribution is 0.100. The van der Waals surface area contributed by atoms with E-state index in [1.165, 1.54) is 6.33 Å². The van der Waals surface area contributed by atoms with Crippen molar-refractivity contribution in [2.75, 3.05) is 17.3 Å². The Bertz CT molecular complexity index is 1300. The van der Waals surface area contributed by atoms with Gasteiger partial charge in [0, 0.05) is 30.9 Å². The summed E-state index contributed by atoms with van der Waals surface area (Å²) in [5.74, 6) is 0.841. The van der Waals surface area contributed by atoms with Crippen molar-refractivity contribution in [3.8, 4) is 6.07 Å². The SMILES string of the molecule is CN(c1cccc(CNc2ncnc3c(C(N)=O)cccc23)c1)c1ccc(C#N)cn1. The number of para-hydroxylation sites is 1. The standard InChI is InChI=1S/C23H19N7O/c1-30(20-9-8-16(11-24)13-26-20)17-5-2-4-15(10-17)12-27-23-19-7-3-6-18(22(25)31)21(19)28-14-29-23/h2-10,13-14H,12H2,1H3,(H2,25,31)(H,27,28,29). The lowest BCUT2D eigenvalue weighted by Gasteiger charge is -2.19. The predicted octanol–water partition coefficient (Wildman–Crippen LogP) is 3.38. The van der Waals surface area contributed by atoms with Crippen molar-refractivity contribution >= 4 is 34.1 Å². The van der Waals surface area contributed by atoms with Gasteiger partial charge in [-0.25, -0.2) is 15.0 Å². The average molecular weight is 409 g/mol. The number of amides is 1. The summed E-state index contributed by atoms with van der Waals surface area (Å²) in [6, 6.07) is 18.9. The molecule has 0 radical (unpaired) electrons. The molecule has 0 aliphatic carbocycles. The van der Waals surface area contributed by atoms with Crippen LogP contribution in [0.25, 0.3) is 10.9 Å². The molecule has 0 fully saturated rings. The third-order valence-corrected chi connectivity index (χ3v) is 4.91. The van der Waals surface area contributed by atoms with E-state index >= 15 is 0 Å². The van der Waals surface area contributed by atoms with Crippen LogP contribution in [0.4, 0.5) is 17.3 Å². The van der Waals surface area contributed by atoms with E-state index < -0.39 is 5.91 Å². The molecule has 8 nitrogen and oxygen atoms in total. The van der Waals surface area contributed by atoms with Gasteiger partial charge >= 0.3 is 0 Å². The first-order valence-corrected chi connectivity index (χ1v) is 9.53. The van der Waals surface area contributed by atoms with Crippen LogP contribution in [0.1, 0.15) is 21.5 Å². The minimum absolute atomic E-state index is 0.362. The van der Waals surface area contributed by atoms with Crippen molar-refractivity contribution in [1.82, 2.24) is 15.0 Å². The van der Waals surface area contributed by atoms with Gasteiger partial charge in [-0.3, -0.25) is 4.79 Å². The number of hydrogen-bond acceptors (Lipinski definition) is 7. The van der Waals surface area contributed by atoms with E-state index in [2.05, 4.69) is 26.3 Å². The fraction of sp³-hybridized carbons (Fsp3) is 0.0870. The predicted molar refractivity (Wildman–Crippen MR) is 119 cm³/mol. The highest BCUT2D eigenvalue weighted by Crippen LogP contribution is 2.25. The smallest absolute Gasteiger partial charge is 0.250 e. The van der Waals surface area contributed by atoms with Gasteiger partial charge in [-0.1, -0.05) is 18.2 Å². The lowest BCUT2D eigenvalue weighted by Crippen LogP contribution is -2.13. The summed E-state index contributed by atoms with van der Waals surface area (Å²) in [7, 11) is 1.92. The summed E-state index contributed by atoms with van der Waals surface area (Å²) < 4.78 is 0. The fourth-order valence-corrected chi connectivity index (χ4v) is 3.27. The van der Waals surface area contributed by atoms with Gasteiger partial charge in [0.1, 0.15) is 24.0 Å². The Morgan fingerprint density at radius 2 is 1.97 bits per heavy atom. The quantitative estimate of drug-likeness (QED) is 0.501. The molecule has 8 heteroatoms. The molecule has 0 unspecified atom stereocenters. The molecule has 0 saturated heterocycles. The van der Waals surface area contributed by atoms with Crippen molar-refractivity contribution in [2.45, 2.75) is 6.54 Å². The van der Waals surface area contributed by atoms with Gasteiger partial charge < -0.3 is 16.0 Å². The first-order valence-electron chi connectivity index (χ1n) is 9.53. The van der Waals surface area contributed by atoms with Crippen LogP contribution < -0.4 is 16.0 Å². The topological polar surface area (TPSA) is 121 Å². The largest absolute Gasteiger partial charge is 0.366 e. The number of nitrogens with zero attached hydrogens (tertiary/aromatic N) is 5. The number of rotatable bonds is 6. The number of aromatic nitrogens is 3. The summed E-state index contributed by atoms with van der Waals surface area (Å²) in [6.45, 7) is 0.523. The highest BCUT2D eigenvalue weighted by Gasteiger charge is 2.11. The Kier molecular flexibility index (Phi) is 5.41. The number of fused-ring (bicyclic) bond motifs is 1. The highest BCUT2D eigenvalue weighted by atomic mass is 16.1. The Morgan fingerprint density at radius 1 is 1.13 bits per heavy atom. The number of primary amides is 1. The van der Waals surface area contributed by atoms with Crippen LogP contribution in [-0.2, 0) is 6.54 Å². The van der Waals surface area contributed by atoms with E-state index in [9.17, 15) is 4.79 Å². The first-order chi connectivity index (χ1) is 15.1. The Hall–Kier alpha value is -4.51. The monoisotopic (exact) mass is 409 g/mol. The number of pyridine rings is 1. The molecule has 0 atom stereocenters. The van der Waals surface area contributed by atoms with E-state index in [1.54, 1.807) is 24.4 Å². The number of nitrogens with two attached hydrogens (primary N) is 1. The average Bonchev–Trinajstić information content (AvgIpc) is 2.82. The zero-order valence-corrected chi connectivity index (χ0v) is 16.8. The number of hydrogen-bond donors (Lipinski definition) is 2. The van der Waals surface area contributed by atoms with Crippen LogP contribution in [0.5, 0.6) is 0 Å². The zero-order valence-electron chi connectivity index (χ0n) is 16.8. The van der Waals surface area contributed by atoms with Gasteiger partial charge in [-0.2, -0.15) is 5.26 Å². The molecule has 0 bridgehead atoms. The van der Waals surface area contributed by atoms with Crippen molar-refractivity contribution in [2.24, 2.45) is 5.73 Å². The third kappa shape index (κ3) is 4.11. The van der Waals surface area contributed by atoms with Crippen LogP contribution in [-0.4, -0.2) is 27.9 Å². The molecule has 2 heterocycles. The van der Waals surface area contributed by atoms with Crippen molar-refractivity contribution < 1.29 is 4.79 Å². The molecule has 0 spiro atoms. The maximum atomic E-state index is 11.7. The van der Waals surface area contributed by atoms with Gasteiger partial charge in [0.05, 0.1) is 16.6 Å². The summed E-state index contributed by atoms with van der Waals surface area (Å²) in [5, 5.41) is 13.0. The molecule has 152 valence electrons. The van der Waals surface area contributed by atoms with E-state index in [1.807, 2.05) is 48.3 Å². The fourth-order valence-electron chi connectivity index (χ4n) is 3.27. The van der Waals surface area contributed by atoms with Gasteiger partial charge in [0.15, 0.2) is 0 Å². The molecule has 3 N–H and O–H groups in total. The van der Waals surface area contributed by atoms with Crippen LogP contribution in [0.15, 0.2) is 67.1 Å². The molecule has 4 rings (SSSR count). The van der Waals surface area contributed by atoms with Gasteiger partial charge in [-0.05, 0) is 42.0 Å².